The molecule has 0 atom stereocenters. The third-order valence-electron chi connectivity index (χ3n) is 7.24. The van der Waals surface area contributed by atoms with Crippen LogP contribution in [-0.2, 0) is 33.0 Å². The van der Waals surface area contributed by atoms with Crippen LogP contribution in [0.25, 0.3) is 5.69 Å². The molecule has 1 N–H and O–H groups in total. The third kappa shape index (κ3) is 4.84. The summed E-state index contributed by atoms with van der Waals surface area (Å²) >= 11 is 0. The maximum atomic E-state index is 13.9. The lowest BCUT2D eigenvalue weighted by Crippen LogP contribution is -2.39. The number of nitrogens with one attached hydrogen (secondary N) is 1. The fourth-order valence-electron chi connectivity index (χ4n) is 4.99. The molecular weight excluding hydrogens is 472 g/mol. The van der Waals surface area contributed by atoms with Gasteiger partial charge in [0.05, 0.1) is 25.1 Å². The fourth-order valence-corrected chi connectivity index (χ4v) is 4.99. The van der Waals surface area contributed by atoms with Crippen molar-refractivity contribution in [2.45, 2.75) is 44.6 Å². The maximum absolute atomic E-state index is 13.9. The van der Waals surface area contributed by atoms with E-state index in [9.17, 15) is 9.59 Å². The quantitative estimate of drug-likeness (QED) is 0.257. The van der Waals surface area contributed by atoms with Crippen molar-refractivity contribution in [2.75, 3.05) is 32.2 Å². The summed E-state index contributed by atoms with van der Waals surface area (Å²) in [7, 11) is 3.28. The zero-order chi connectivity index (χ0) is 26.0. The predicted molar refractivity (Wildman–Crippen MR) is 138 cm³/mol. The van der Waals surface area contributed by atoms with Gasteiger partial charge in [0.25, 0.3) is 5.91 Å². The summed E-state index contributed by atoms with van der Waals surface area (Å²) in [6.07, 6.45) is 3.13. The number of carbonyl (C=O) groups is 2. The van der Waals surface area contributed by atoms with Crippen molar-refractivity contribution in [2.24, 2.45) is 0 Å². The highest BCUT2D eigenvalue weighted by Gasteiger charge is 2.45. The molecular formula is C28H32N4O5. The molecule has 0 radical (unpaired) electrons. The lowest BCUT2D eigenvalue weighted by atomic mass is 9.91. The number of carbonyl (C=O) groups excluding carboxylic acids is 2. The molecule has 3 aromatic rings. The minimum atomic E-state index is -0.119. The Morgan fingerprint density at radius 1 is 1.05 bits per heavy atom. The molecule has 1 fully saturated rings. The van der Waals surface area contributed by atoms with Gasteiger partial charge in [-0.1, -0.05) is 12.1 Å². The molecule has 2 aromatic carbocycles. The summed E-state index contributed by atoms with van der Waals surface area (Å²) in [6.45, 7) is 2.97. The van der Waals surface area contributed by atoms with E-state index >= 15 is 0 Å². The normalized spacial score (nSPS) is 15.9. The Bertz CT molecular complexity index is 1280. The van der Waals surface area contributed by atoms with Crippen LogP contribution in [0.5, 0.6) is 5.75 Å². The molecule has 1 aliphatic carbocycles. The van der Waals surface area contributed by atoms with Crippen molar-refractivity contribution >= 4 is 17.5 Å². The first-order valence-corrected chi connectivity index (χ1v) is 12.6. The molecule has 2 aliphatic rings. The van der Waals surface area contributed by atoms with E-state index in [4.69, 9.17) is 19.6 Å². The van der Waals surface area contributed by atoms with Crippen molar-refractivity contribution in [1.29, 1.82) is 0 Å². The highest BCUT2D eigenvalue weighted by molar-refractivity contribution is 6.07. The molecule has 1 aromatic heterocycles. The van der Waals surface area contributed by atoms with Gasteiger partial charge in [0.15, 0.2) is 0 Å². The Morgan fingerprint density at radius 2 is 1.76 bits per heavy atom. The van der Waals surface area contributed by atoms with E-state index in [-0.39, 0.29) is 23.8 Å². The number of fused-ring (bicyclic) bond motifs is 1. The number of hydrogen-bond donors (Lipinski definition) is 1. The topological polar surface area (TPSA) is 94.9 Å². The first kappa shape index (κ1) is 25.0. The Balaban J connectivity index is 1.44. The second-order valence-corrected chi connectivity index (χ2v) is 9.44. The number of aromatic nitrogens is 2. The van der Waals surface area contributed by atoms with Crippen LogP contribution < -0.4 is 15.0 Å². The highest BCUT2D eigenvalue weighted by Crippen LogP contribution is 2.51. The van der Waals surface area contributed by atoms with E-state index < -0.39 is 0 Å². The summed E-state index contributed by atoms with van der Waals surface area (Å²) < 4.78 is 6.97. The second kappa shape index (κ2) is 10.4. The van der Waals surface area contributed by atoms with Gasteiger partial charge in [-0.2, -0.15) is 5.10 Å². The fraction of sp³-hybridized carbons (Fsp3) is 0.393. The van der Waals surface area contributed by atoms with Gasteiger partial charge in [-0.25, -0.2) is 14.5 Å². The van der Waals surface area contributed by atoms with Gasteiger partial charge in [-0.05, 0) is 68.1 Å². The average molecular weight is 505 g/mol. The van der Waals surface area contributed by atoms with Crippen LogP contribution in [0.3, 0.4) is 0 Å². The molecule has 2 heterocycles. The molecule has 0 bridgehead atoms. The first-order valence-electron chi connectivity index (χ1n) is 12.6. The van der Waals surface area contributed by atoms with Crippen LogP contribution in [0.2, 0.25) is 0 Å². The maximum Gasteiger partial charge on any atom is 0.277 e. The Labute approximate surface area is 216 Å². The second-order valence-electron chi connectivity index (χ2n) is 9.44. The van der Waals surface area contributed by atoms with Crippen LogP contribution in [0.15, 0.2) is 48.5 Å². The van der Waals surface area contributed by atoms with E-state index in [0.717, 1.165) is 41.1 Å². The van der Waals surface area contributed by atoms with Gasteiger partial charge in [-0.15, -0.1) is 0 Å². The van der Waals surface area contributed by atoms with E-state index in [1.54, 1.807) is 23.7 Å². The van der Waals surface area contributed by atoms with Gasteiger partial charge >= 0.3 is 0 Å². The molecule has 1 saturated carbocycles. The van der Waals surface area contributed by atoms with Crippen molar-refractivity contribution in [3.8, 4) is 11.4 Å². The zero-order valence-corrected chi connectivity index (χ0v) is 21.5. The molecule has 37 heavy (non-hydrogen) atoms. The lowest BCUT2D eigenvalue weighted by Gasteiger charge is -2.28. The molecule has 2 amide bonds. The standard InChI is InChI=1S/C28H32N4O5/c1-4-36-37-18-24-23-13-16-31(20-7-5-19(6-8-20)28(14-15-28)17-25(33)29-2)27(34)26(23)32(30-24)21-9-11-22(35-3)12-10-21/h5-12H,4,13-18H2,1-3H3,(H,29,33). The van der Waals surface area contributed by atoms with Crippen LogP contribution in [0.4, 0.5) is 5.69 Å². The van der Waals surface area contributed by atoms with Crippen molar-refractivity contribution in [1.82, 2.24) is 15.1 Å². The van der Waals surface area contributed by atoms with Crippen LogP contribution in [0.1, 0.15) is 53.5 Å². The summed E-state index contributed by atoms with van der Waals surface area (Å²) in [5, 5.41) is 7.47. The SMILES string of the molecule is CCOOCc1nn(-c2ccc(OC)cc2)c2c1CCN(c1ccc(C3(CC(=O)NC)CC3)cc1)C2=O. The number of benzene rings is 2. The van der Waals surface area contributed by atoms with Gasteiger partial charge in [0.1, 0.15) is 18.1 Å². The van der Waals surface area contributed by atoms with Gasteiger partial charge < -0.3 is 15.0 Å². The minimum Gasteiger partial charge on any atom is -0.497 e. The number of rotatable bonds is 10. The number of nitrogens with zero attached hydrogens (tertiary/aromatic N) is 3. The number of methoxy groups -OCH3 is 1. The minimum absolute atomic E-state index is 0.0521. The average Bonchev–Trinajstić information content (AvgIpc) is 3.62. The molecule has 9 nitrogen and oxygen atoms in total. The van der Waals surface area contributed by atoms with Gasteiger partial charge in [0, 0.05) is 36.7 Å². The monoisotopic (exact) mass is 504 g/mol. The predicted octanol–water partition coefficient (Wildman–Crippen LogP) is 3.72. The van der Waals surface area contributed by atoms with Crippen molar-refractivity contribution < 1.29 is 24.1 Å². The largest absolute Gasteiger partial charge is 0.497 e. The number of anilines is 1. The highest BCUT2D eigenvalue weighted by atomic mass is 17.2. The molecule has 0 spiro atoms. The number of hydrogen-bond acceptors (Lipinski definition) is 6. The van der Waals surface area contributed by atoms with Gasteiger partial charge in [-0.3, -0.25) is 9.59 Å². The molecule has 9 heteroatoms. The summed E-state index contributed by atoms with van der Waals surface area (Å²) in [5.74, 6) is 0.658. The summed E-state index contributed by atoms with van der Waals surface area (Å²) in [6, 6.07) is 15.5. The summed E-state index contributed by atoms with van der Waals surface area (Å²) in [5.41, 5.74) is 4.72. The van der Waals surface area contributed by atoms with E-state index in [0.29, 0.717) is 37.4 Å². The molecule has 1 aliphatic heterocycles. The molecule has 194 valence electrons. The van der Waals surface area contributed by atoms with Crippen molar-refractivity contribution in [3.05, 3.63) is 71.0 Å². The Morgan fingerprint density at radius 3 is 2.38 bits per heavy atom. The molecule has 5 rings (SSSR count). The van der Waals surface area contributed by atoms with Crippen molar-refractivity contribution in [3.63, 3.8) is 0 Å². The third-order valence-corrected chi connectivity index (χ3v) is 7.24. The van der Waals surface area contributed by atoms with E-state index in [2.05, 4.69) is 17.4 Å². The van der Waals surface area contributed by atoms with E-state index in [1.165, 1.54) is 0 Å². The first-order chi connectivity index (χ1) is 18.0. The molecule has 0 saturated heterocycles. The zero-order valence-electron chi connectivity index (χ0n) is 21.5. The Hall–Kier alpha value is -3.69. The van der Waals surface area contributed by atoms with Crippen LogP contribution in [0, 0.1) is 0 Å². The Kier molecular flexibility index (Phi) is 6.99. The van der Waals surface area contributed by atoms with Crippen LogP contribution in [-0.4, -0.2) is 48.9 Å². The number of amides is 2. The smallest absolute Gasteiger partial charge is 0.277 e. The number of ether oxygens (including phenoxy) is 1. The lowest BCUT2D eigenvalue weighted by molar-refractivity contribution is -0.301. The summed E-state index contributed by atoms with van der Waals surface area (Å²) in [4.78, 5) is 38.0. The van der Waals surface area contributed by atoms with Gasteiger partial charge in [0.2, 0.25) is 5.91 Å². The van der Waals surface area contributed by atoms with E-state index in [1.807, 2.05) is 43.3 Å². The molecule has 0 unspecified atom stereocenters. The van der Waals surface area contributed by atoms with Crippen LogP contribution >= 0.6 is 0 Å².